The second-order valence-corrected chi connectivity index (χ2v) is 9.41. The van der Waals surface area contributed by atoms with E-state index in [1.807, 2.05) is 49.7 Å². The first-order chi connectivity index (χ1) is 14.2. The highest BCUT2D eigenvalue weighted by Gasteiger charge is 2.15. The van der Waals surface area contributed by atoms with Crippen molar-refractivity contribution in [2.24, 2.45) is 4.99 Å². The second kappa shape index (κ2) is 13.0. The SMILES string of the molecule is CN=C(NCCCn1nc(C)cc1C)NCc1ccccc1CS(=O)(=O)NC(C)C.I. The normalized spacial score (nSPS) is 12.0. The molecule has 0 amide bonds. The molecule has 1 aromatic heterocycles. The van der Waals surface area contributed by atoms with Crippen LogP contribution in [0.1, 0.15) is 42.8 Å². The van der Waals surface area contributed by atoms with Gasteiger partial charge >= 0.3 is 0 Å². The summed E-state index contributed by atoms with van der Waals surface area (Å²) in [6, 6.07) is 9.49. The Bertz CT molecular complexity index is 957. The molecule has 0 saturated heterocycles. The first kappa shape index (κ1) is 27.4. The number of sulfonamides is 1. The van der Waals surface area contributed by atoms with Crippen molar-refractivity contribution in [2.75, 3.05) is 13.6 Å². The van der Waals surface area contributed by atoms with Gasteiger partial charge < -0.3 is 10.6 Å². The molecule has 0 saturated carbocycles. The van der Waals surface area contributed by atoms with E-state index in [4.69, 9.17) is 0 Å². The minimum Gasteiger partial charge on any atom is -0.356 e. The first-order valence-electron chi connectivity index (χ1n) is 10.2. The maximum absolute atomic E-state index is 12.3. The predicted molar refractivity (Wildman–Crippen MR) is 137 cm³/mol. The molecule has 0 aliphatic rings. The van der Waals surface area contributed by atoms with Gasteiger partial charge in [-0.05, 0) is 51.3 Å². The summed E-state index contributed by atoms with van der Waals surface area (Å²) < 4.78 is 29.2. The van der Waals surface area contributed by atoms with Gasteiger partial charge in [-0.3, -0.25) is 9.67 Å². The molecule has 0 atom stereocenters. The van der Waals surface area contributed by atoms with E-state index in [1.165, 1.54) is 0 Å². The highest BCUT2D eigenvalue weighted by Crippen LogP contribution is 2.12. The number of nitrogens with zero attached hydrogens (tertiary/aromatic N) is 3. The average Bonchev–Trinajstić information content (AvgIpc) is 2.98. The van der Waals surface area contributed by atoms with E-state index in [-0.39, 0.29) is 35.8 Å². The number of guanidine groups is 1. The van der Waals surface area contributed by atoms with E-state index in [1.54, 1.807) is 7.05 Å². The van der Waals surface area contributed by atoms with Crippen LogP contribution >= 0.6 is 24.0 Å². The maximum atomic E-state index is 12.3. The number of hydrogen-bond acceptors (Lipinski definition) is 4. The largest absolute Gasteiger partial charge is 0.356 e. The molecule has 0 bridgehead atoms. The van der Waals surface area contributed by atoms with Crippen LogP contribution in [0.3, 0.4) is 0 Å². The lowest BCUT2D eigenvalue weighted by atomic mass is 10.1. The Hall–Kier alpha value is -1.66. The highest BCUT2D eigenvalue weighted by atomic mass is 127. The number of aryl methyl sites for hydroxylation is 3. The van der Waals surface area contributed by atoms with E-state index in [0.717, 1.165) is 42.0 Å². The fourth-order valence-electron chi connectivity index (χ4n) is 3.21. The fraction of sp³-hybridized carbons (Fsp3) is 0.524. The van der Waals surface area contributed by atoms with Crippen LogP contribution in [0.25, 0.3) is 0 Å². The zero-order valence-electron chi connectivity index (χ0n) is 19.0. The Kier molecular flexibility index (Phi) is 11.5. The van der Waals surface area contributed by atoms with Crippen molar-refractivity contribution in [1.29, 1.82) is 0 Å². The quantitative estimate of drug-likeness (QED) is 0.179. The fourth-order valence-corrected chi connectivity index (χ4v) is 4.71. The zero-order chi connectivity index (χ0) is 22.1. The lowest BCUT2D eigenvalue weighted by Crippen LogP contribution is -2.38. The summed E-state index contributed by atoms with van der Waals surface area (Å²) in [4.78, 5) is 4.25. The smallest absolute Gasteiger partial charge is 0.216 e. The van der Waals surface area contributed by atoms with Gasteiger partial charge in [0, 0.05) is 38.4 Å². The van der Waals surface area contributed by atoms with E-state index >= 15 is 0 Å². The molecule has 8 nitrogen and oxygen atoms in total. The molecule has 1 heterocycles. The molecule has 2 rings (SSSR count). The maximum Gasteiger partial charge on any atom is 0.216 e. The molecular weight excluding hydrogens is 527 g/mol. The van der Waals surface area contributed by atoms with Gasteiger partial charge in [0.25, 0.3) is 0 Å². The van der Waals surface area contributed by atoms with Crippen molar-refractivity contribution in [3.8, 4) is 0 Å². The van der Waals surface area contributed by atoms with Crippen LogP contribution in [0.2, 0.25) is 0 Å². The van der Waals surface area contributed by atoms with E-state index < -0.39 is 10.0 Å². The third-order valence-electron chi connectivity index (χ3n) is 4.49. The molecule has 0 aliphatic carbocycles. The van der Waals surface area contributed by atoms with Crippen LogP contribution in [0.4, 0.5) is 0 Å². The van der Waals surface area contributed by atoms with Crippen LogP contribution in [0.15, 0.2) is 35.3 Å². The molecular formula is C21H35IN6O2S. The molecule has 0 spiro atoms. The zero-order valence-corrected chi connectivity index (χ0v) is 22.1. The van der Waals surface area contributed by atoms with Gasteiger partial charge in [0.15, 0.2) is 5.96 Å². The molecule has 1 aromatic carbocycles. The van der Waals surface area contributed by atoms with Crippen LogP contribution in [0.5, 0.6) is 0 Å². The number of hydrogen-bond donors (Lipinski definition) is 3. The third-order valence-corrected chi connectivity index (χ3v) is 6.01. The van der Waals surface area contributed by atoms with Crippen LogP contribution in [0, 0.1) is 13.8 Å². The summed E-state index contributed by atoms with van der Waals surface area (Å²) in [6.07, 6.45) is 0.915. The predicted octanol–water partition coefficient (Wildman–Crippen LogP) is 2.70. The topological polar surface area (TPSA) is 100 Å². The Morgan fingerprint density at radius 3 is 2.42 bits per heavy atom. The summed E-state index contributed by atoms with van der Waals surface area (Å²) in [5.74, 6) is 0.638. The van der Waals surface area contributed by atoms with E-state index in [0.29, 0.717) is 12.5 Å². The number of aromatic nitrogens is 2. The average molecular weight is 563 g/mol. The molecule has 0 fully saturated rings. The number of benzene rings is 1. The Morgan fingerprint density at radius 1 is 1.16 bits per heavy atom. The summed E-state index contributed by atoms with van der Waals surface area (Å²) in [6.45, 7) is 9.77. The molecule has 174 valence electrons. The number of halogens is 1. The number of nitrogens with one attached hydrogen (secondary N) is 3. The first-order valence-corrected chi connectivity index (χ1v) is 11.9. The molecule has 3 N–H and O–H groups in total. The molecule has 0 aliphatic heterocycles. The van der Waals surface area contributed by atoms with Gasteiger partial charge in [0.2, 0.25) is 10.0 Å². The summed E-state index contributed by atoms with van der Waals surface area (Å²) >= 11 is 0. The van der Waals surface area contributed by atoms with Gasteiger partial charge in [-0.2, -0.15) is 5.10 Å². The molecule has 0 radical (unpaired) electrons. The van der Waals surface area contributed by atoms with Gasteiger partial charge in [0.1, 0.15) is 0 Å². The highest BCUT2D eigenvalue weighted by molar-refractivity contribution is 14.0. The Morgan fingerprint density at radius 2 is 1.84 bits per heavy atom. The minimum atomic E-state index is -3.38. The van der Waals surface area contributed by atoms with Crippen LogP contribution in [-0.4, -0.2) is 43.8 Å². The minimum absolute atomic E-state index is 0. The number of aliphatic imine (C=N–C) groups is 1. The van der Waals surface area contributed by atoms with E-state index in [2.05, 4.69) is 38.4 Å². The van der Waals surface area contributed by atoms with Crippen molar-refractivity contribution < 1.29 is 8.42 Å². The van der Waals surface area contributed by atoms with Crippen molar-refractivity contribution in [1.82, 2.24) is 25.1 Å². The van der Waals surface area contributed by atoms with Crippen molar-refractivity contribution in [3.05, 3.63) is 52.8 Å². The Balaban J connectivity index is 0.00000480. The lowest BCUT2D eigenvalue weighted by molar-refractivity contribution is 0.555. The number of rotatable bonds is 10. The standard InChI is InChI=1S/C21H34N6O2S.HI/c1-16(2)26-30(28,29)15-20-10-7-6-9-19(20)14-24-21(22-5)23-11-8-12-27-18(4)13-17(3)25-27;/h6-7,9-10,13,16,26H,8,11-12,14-15H2,1-5H3,(H2,22,23,24);1H. The second-order valence-electron chi connectivity index (χ2n) is 7.66. The van der Waals surface area contributed by atoms with Crippen molar-refractivity contribution in [2.45, 2.75) is 59.0 Å². The van der Waals surface area contributed by atoms with Crippen LogP contribution in [-0.2, 0) is 28.9 Å². The van der Waals surface area contributed by atoms with Crippen molar-refractivity contribution >= 4 is 40.0 Å². The van der Waals surface area contributed by atoms with Gasteiger partial charge in [-0.25, -0.2) is 13.1 Å². The van der Waals surface area contributed by atoms with E-state index in [9.17, 15) is 8.42 Å². The lowest BCUT2D eigenvalue weighted by Gasteiger charge is -2.15. The van der Waals surface area contributed by atoms with Gasteiger partial charge in [-0.15, -0.1) is 24.0 Å². The molecule has 10 heteroatoms. The molecule has 2 aromatic rings. The molecule has 0 unspecified atom stereocenters. The monoisotopic (exact) mass is 562 g/mol. The third kappa shape index (κ3) is 9.56. The summed E-state index contributed by atoms with van der Waals surface area (Å²) in [7, 11) is -1.66. The van der Waals surface area contributed by atoms with Crippen molar-refractivity contribution in [3.63, 3.8) is 0 Å². The summed E-state index contributed by atoms with van der Waals surface area (Å²) in [5.41, 5.74) is 3.89. The van der Waals surface area contributed by atoms with Gasteiger partial charge in [-0.1, -0.05) is 24.3 Å². The summed E-state index contributed by atoms with van der Waals surface area (Å²) in [5, 5.41) is 11.0. The Labute approximate surface area is 203 Å². The molecule has 31 heavy (non-hydrogen) atoms. The van der Waals surface area contributed by atoms with Gasteiger partial charge in [0.05, 0.1) is 11.4 Å². The van der Waals surface area contributed by atoms with Crippen LogP contribution < -0.4 is 15.4 Å².